The van der Waals surface area contributed by atoms with Gasteiger partial charge in [0.05, 0.1) is 30.6 Å². The predicted octanol–water partition coefficient (Wildman–Crippen LogP) is 2.63. The van der Waals surface area contributed by atoms with Crippen molar-refractivity contribution in [2.45, 2.75) is 25.9 Å². The minimum atomic E-state index is -0.364. The zero-order valence-corrected chi connectivity index (χ0v) is 14.8. The van der Waals surface area contributed by atoms with E-state index >= 15 is 0 Å². The Bertz CT molecular complexity index is 918. The molecule has 0 bridgehead atoms. The van der Waals surface area contributed by atoms with Gasteiger partial charge in [0, 0.05) is 0 Å². The summed E-state index contributed by atoms with van der Waals surface area (Å²) in [6.07, 6.45) is 0.294. The van der Waals surface area contributed by atoms with Crippen LogP contribution in [0.3, 0.4) is 0 Å². The number of amides is 1. The van der Waals surface area contributed by atoms with Crippen LogP contribution in [0.5, 0.6) is 0 Å². The molecule has 0 aliphatic heterocycles. The van der Waals surface area contributed by atoms with E-state index < -0.39 is 0 Å². The second-order valence-electron chi connectivity index (χ2n) is 6.07. The summed E-state index contributed by atoms with van der Waals surface area (Å²) in [6.45, 7) is 1.91. The highest BCUT2D eigenvalue weighted by atomic mass is 16.5. The monoisotopic (exact) mass is 351 g/mol. The molecule has 3 aromatic rings. The minimum absolute atomic E-state index is 0.0469. The third-order valence-corrected chi connectivity index (χ3v) is 4.17. The van der Waals surface area contributed by atoms with E-state index in [9.17, 15) is 9.59 Å². The van der Waals surface area contributed by atoms with Gasteiger partial charge in [-0.15, -0.1) is 0 Å². The maximum atomic E-state index is 12.4. The first-order chi connectivity index (χ1) is 12.6. The molecular formula is C20H21N3O3. The molecule has 3 rings (SSSR count). The summed E-state index contributed by atoms with van der Waals surface area (Å²) in [4.78, 5) is 28.8. The Hall–Kier alpha value is -3.15. The molecule has 0 aliphatic rings. The normalized spacial score (nSPS) is 11.9. The van der Waals surface area contributed by atoms with Crippen LogP contribution in [0.2, 0.25) is 0 Å². The molecule has 0 saturated carbocycles. The Kier molecular flexibility index (Phi) is 5.31. The number of ether oxygens (including phenoxy) is 1. The van der Waals surface area contributed by atoms with Crippen LogP contribution < -0.4 is 5.32 Å². The van der Waals surface area contributed by atoms with Crippen molar-refractivity contribution < 1.29 is 14.3 Å². The van der Waals surface area contributed by atoms with Crippen molar-refractivity contribution in [2.24, 2.45) is 0 Å². The van der Waals surface area contributed by atoms with E-state index in [1.165, 1.54) is 7.11 Å². The van der Waals surface area contributed by atoms with Gasteiger partial charge in [-0.05, 0) is 24.6 Å². The molecule has 1 unspecified atom stereocenters. The fourth-order valence-electron chi connectivity index (χ4n) is 2.92. The highest BCUT2D eigenvalue weighted by Crippen LogP contribution is 2.21. The van der Waals surface area contributed by atoms with Gasteiger partial charge in [-0.3, -0.25) is 9.59 Å². The standard InChI is InChI=1S/C20H21N3O3/c1-14(21-18(24)12-15-8-4-3-5-9-15)20-22-16-10-6-7-11-17(16)23(20)13-19(25)26-2/h3-11,14H,12-13H2,1-2H3,(H,21,24). The number of fused-ring (bicyclic) bond motifs is 1. The summed E-state index contributed by atoms with van der Waals surface area (Å²) in [5.74, 6) is 0.163. The number of benzene rings is 2. The number of hydrogen-bond acceptors (Lipinski definition) is 4. The van der Waals surface area contributed by atoms with Crippen LogP contribution in [-0.2, 0) is 27.3 Å². The third-order valence-electron chi connectivity index (χ3n) is 4.17. The molecule has 2 aromatic carbocycles. The van der Waals surface area contributed by atoms with E-state index in [1.54, 1.807) is 4.57 Å². The molecule has 1 heterocycles. The molecule has 1 atom stereocenters. The van der Waals surface area contributed by atoms with Crippen LogP contribution in [0, 0.1) is 0 Å². The van der Waals surface area contributed by atoms with Gasteiger partial charge in [-0.1, -0.05) is 42.5 Å². The van der Waals surface area contributed by atoms with E-state index in [0.29, 0.717) is 12.2 Å². The molecule has 134 valence electrons. The number of carbonyl (C=O) groups excluding carboxylic acids is 2. The van der Waals surface area contributed by atoms with Crippen LogP contribution in [0.15, 0.2) is 54.6 Å². The number of aromatic nitrogens is 2. The minimum Gasteiger partial charge on any atom is -0.468 e. The van der Waals surface area contributed by atoms with E-state index in [4.69, 9.17) is 4.74 Å². The van der Waals surface area contributed by atoms with Gasteiger partial charge in [0.2, 0.25) is 5.91 Å². The van der Waals surface area contributed by atoms with Crippen LogP contribution in [0.25, 0.3) is 11.0 Å². The average molecular weight is 351 g/mol. The summed E-state index contributed by atoms with van der Waals surface area (Å²) in [7, 11) is 1.35. The molecule has 26 heavy (non-hydrogen) atoms. The van der Waals surface area contributed by atoms with Crippen molar-refractivity contribution >= 4 is 22.9 Å². The maximum absolute atomic E-state index is 12.4. The van der Waals surface area contributed by atoms with Crippen LogP contribution in [0.1, 0.15) is 24.4 Å². The summed E-state index contributed by atoms with van der Waals surface area (Å²) in [5, 5.41) is 2.96. The van der Waals surface area contributed by atoms with Crippen molar-refractivity contribution in [3.8, 4) is 0 Å². The first kappa shape index (κ1) is 17.7. The van der Waals surface area contributed by atoms with Gasteiger partial charge in [-0.25, -0.2) is 4.98 Å². The summed E-state index contributed by atoms with van der Waals surface area (Å²) in [6, 6.07) is 16.8. The molecule has 0 aliphatic carbocycles. The lowest BCUT2D eigenvalue weighted by Crippen LogP contribution is -2.30. The number of esters is 1. The molecule has 0 fully saturated rings. The Morgan fingerprint density at radius 1 is 1.12 bits per heavy atom. The van der Waals surface area contributed by atoms with Crippen molar-refractivity contribution in [2.75, 3.05) is 7.11 Å². The van der Waals surface area contributed by atoms with Crippen molar-refractivity contribution in [3.05, 3.63) is 66.0 Å². The Morgan fingerprint density at radius 3 is 2.54 bits per heavy atom. The Labute approximate surface area is 151 Å². The zero-order chi connectivity index (χ0) is 18.5. The van der Waals surface area contributed by atoms with Gasteiger partial charge in [-0.2, -0.15) is 0 Å². The quantitative estimate of drug-likeness (QED) is 0.693. The summed E-state index contributed by atoms with van der Waals surface area (Å²) < 4.78 is 6.58. The van der Waals surface area contributed by atoms with Gasteiger partial charge < -0.3 is 14.6 Å². The van der Waals surface area contributed by atoms with Crippen LogP contribution in [0.4, 0.5) is 0 Å². The number of methoxy groups -OCH3 is 1. The first-order valence-corrected chi connectivity index (χ1v) is 8.43. The van der Waals surface area contributed by atoms with Gasteiger partial charge in [0.15, 0.2) is 0 Å². The molecule has 0 radical (unpaired) electrons. The fourth-order valence-corrected chi connectivity index (χ4v) is 2.92. The number of nitrogens with zero attached hydrogens (tertiary/aromatic N) is 2. The predicted molar refractivity (Wildman–Crippen MR) is 98.5 cm³/mol. The van der Waals surface area contributed by atoms with E-state index in [1.807, 2.05) is 61.5 Å². The van der Waals surface area contributed by atoms with Crippen molar-refractivity contribution in [1.29, 1.82) is 0 Å². The largest absolute Gasteiger partial charge is 0.468 e. The number of para-hydroxylation sites is 2. The van der Waals surface area contributed by atoms with Crippen molar-refractivity contribution in [1.82, 2.24) is 14.9 Å². The van der Waals surface area contributed by atoms with Gasteiger partial charge in [0.25, 0.3) is 0 Å². The molecule has 0 saturated heterocycles. The van der Waals surface area contributed by atoms with Crippen LogP contribution >= 0.6 is 0 Å². The number of rotatable bonds is 6. The van der Waals surface area contributed by atoms with Crippen molar-refractivity contribution in [3.63, 3.8) is 0 Å². The Morgan fingerprint density at radius 2 is 1.81 bits per heavy atom. The molecule has 6 heteroatoms. The molecule has 6 nitrogen and oxygen atoms in total. The van der Waals surface area contributed by atoms with Gasteiger partial charge in [0.1, 0.15) is 12.4 Å². The third kappa shape index (κ3) is 3.91. The summed E-state index contributed by atoms with van der Waals surface area (Å²) >= 11 is 0. The zero-order valence-electron chi connectivity index (χ0n) is 14.8. The van der Waals surface area contributed by atoms with E-state index in [-0.39, 0.29) is 24.5 Å². The highest BCUT2D eigenvalue weighted by molar-refractivity contribution is 5.80. The average Bonchev–Trinajstić information content (AvgIpc) is 3.01. The molecule has 1 aromatic heterocycles. The number of nitrogens with one attached hydrogen (secondary N) is 1. The maximum Gasteiger partial charge on any atom is 0.325 e. The van der Waals surface area contributed by atoms with E-state index in [2.05, 4.69) is 10.3 Å². The SMILES string of the molecule is COC(=O)Cn1c(C(C)NC(=O)Cc2ccccc2)nc2ccccc21. The topological polar surface area (TPSA) is 73.2 Å². The second-order valence-corrected chi connectivity index (χ2v) is 6.07. The Balaban J connectivity index is 1.82. The smallest absolute Gasteiger partial charge is 0.325 e. The molecule has 1 amide bonds. The lowest BCUT2D eigenvalue weighted by Gasteiger charge is -2.16. The number of hydrogen-bond donors (Lipinski definition) is 1. The molecular weight excluding hydrogens is 330 g/mol. The van der Waals surface area contributed by atoms with E-state index in [0.717, 1.165) is 16.6 Å². The lowest BCUT2D eigenvalue weighted by molar-refractivity contribution is -0.141. The fraction of sp³-hybridized carbons (Fsp3) is 0.250. The lowest BCUT2D eigenvalue weighted by atomic mass is 10.1. The highest BCUT2D eigenvalue weighted by Gasteiger charge is 2.20. The first-order valence-electron chi connectivity index (χ1n) is 8.43. The van der Waals surface area contributed by atoms with Gasteiger partial charge >= 0.3 is 5.97 Å². The second kappa shape index (κ2) is 7.82. The summed E-state index contributed by atoms with van der Waals surface area (Å²) in [5.41, 5.74) is 2.55. The van der Waals surface area contributed by atoms with Crippen LogP contribution in [-0.4, -0.2) is 28.5 Å². The molecule has 1 N–H and O–H groups in total. The molecule has 0 spiro atoms. The number of imidazole rings is 1. The number of carbonyl (C=O) groups is 2.